The highest BCUT2D eigenvalue weighted by Crippen LogP contribution is 2.28. The van der Waals surface area contributed by atoms with E-state index in [4.69, 9.17) is 5.21 Å². The van der Waals surface area contributed by atoms with E-state index in [1.54, 1.807) is 0 Å². The van der Waals surface area contributed by atoms with Gasteiger partial charge in [-0.2, -0.15) is 0 Å². The van der Waals surface area contributed by atoms with Crippen LogP contribution in [0.2, 0.25) is 0 Å². The number of carbonyl (C=O) groups is 1. The summed E-state index contributed by atoms with van der Waals surface area (Å²) in [5, 5.41) is 17.0. The lowest BCUT2D eigenvalue weighted by molar-refractivity contribution is 0.233. The second-order valence-corrected chi connectivity index (χ2v) is 3.61. The minimum atomic E-state index is -0.165. The van der Waals surface area contributed by atoms with Crippen molar-refractivity contribution >= 4 is 12.2 Å². The zero-order valence-electron chi connectivity index (χ0n) is 7.79. The van der Waals surface area contributed by atoms with Crippen LogP contribution in [0.15, 0.2) is 16.4 Å². The van der Waals surface area contributed by atoms with Gasteiger partial charge in [0.2, 0.25) is 0 Å². The van der Waals surface area contributed by atoms with Crippen LogP contribution in [0, 0.1) is 5.92 Å². The molecule has 1 atom stereocenters. The Hall–Kier alpha value is -1.52. The van der Waals surface area contributed by atoms with Crippen molar-refractivity contribution in [3.05, 3.63) is 11.3 Å². The molecule has 0 saturated carbocycles. The van der Waals surface area contributed by atoms with Crippen molar-refractivity contribution in [2.24, 2.45) is 11.1 Å². The van der Waals surface area contributed by atoms with E-state index in [0.29, 0.717) is 12.5 Å². The highest BCUT2D eigenvalue weighted by molar-refractivity contribution is 5.84. The Bertz CT molecular complexity index is 309. The molecule has 5 heteroatoms. The number of hydrogen-bond donors (Lipinski definition) is 3. The normalized spacial score (nSPS) is 27.1. The lowest BCUT2D eigenvalue weighted by Gasteiger charge is -2.31. The monoisotopic (exact) mass is 195 g/mol. The van der Waals surface area contributed by atoms with Gasteiger partial charge in [-0.1, -0.05) is 5.16 Å². The van der Waals surface area contributed by atoms with Gasteiger partial charge in [-0.25, -0.2) is 4.79 Å². The maximum absolute atomic E-state index is 11.1. The number of amides is 2. The molecule has 2 rings (SSSR count). The largest absolute Gasteiger partial charge is 0.411 e. The zero-order chi connectivity index (χ0) is 9.97. The molecule has 1 aliphatic carbocycles. The fourth-order valence-electron chi connectivity index (χ4n) is 2.05. The topological polar surface area (TPSA) is 73.7 Å². The average Bonchev–Trinajstić information content (AvgIpc) is 2.19. The average molecular weight is 195 g/mol. The summed E-state index contributed by atoms with van der Waals surface area (Å²) in [5.41, 5.74) is 1.87. The van der Waals surface area contributed by atoms with Gasteiger partial charge in [0.1, 0.15) is 0 Å². The van der Waals surface area contributed by atoms with E-state index in [2.05, 4.69) is 15.8 Å². The number of nitrogens with zero attached hydrogens (tertiary/aromatic N) is 1. The van der Waals surface area contributed by atoms with E-state index < -0.39 is 0 Å². The van der Waals surface area contributed by atoms with E-state index in [1.165, 1.54) is 6.21 Å². The first kappa shape index (κ1) is 9.05. The van der Waals surface area contributed by atoms with Gasteiger partial charge < -0.3 is 15.8 Å². The van der Waals surface area contributed by atoms with Gasteiger partial charge in [-0.05, 0) is 24.8 Å². The third kappa shape index (κ3) is 1.57. The standard InChI is InChI=1S/C9H13N3O2/c13-9-10-4-6-2-1-3-7(5-11-14)8(6)12-9/h5-6,14H,1-4H2,(H2,10,12,13)/b11-5-. The Balaban J connectivity index is 2.28. The van der Waals surface area contributed by atoms with Gasteiger partial charge in [0.15, 0.2) is 0 Å². The van der Waals surface area contributed by atoms with Gasteiger partial charge in [0.25, 0.3) is 0 Å². The second kappa shape index (κ2) is 3.69. The van der Waals surface area contributed by atoms with Gasteiger partial charge in [-0.15, -0.1) is 0 Å². The maximum Gasteiger partial charge on any atom is 0.319 e. The van der Waals surface area contributed by atoms with Crippen molar-refractivity contribution in [1.82, 2.24) is 10.6 Å². The summed E-state index contributed by atoms with van der Waals surface area (Å²) in [6, 6.07) is -0.165. The number of urea groups is 1. The van der Waals surface area contributed by atoms with Crippen LogP contribution in [0.1, 0.15) is 19.3 Å². The third-order valence-electron chi connectivity index (χ3n) is 2.72. The molecule has 1 fully saturated rings. The Morgan fingerprint density at radius 1 is 1.57 bits per heavy atom. The Morgan fingerprint density at radius 3 is 3.21 bits per heavy atom. The molecule has 2 amide bonds. The van der Waals surface area contributed by atoms with E-state index in [-0.39, 0.29) is 6.03 Å². The summed E-state index contributed by atoms with van der Waals surface area (Å²) < 4.78 is 0. The lowest BCUT2D eigenvalue weighted by atomic mass is 9.86. The van der Waals surface area contributed by atoms with E-state index in [0.717, 1.165) is 30.5 Å². The van der Waals surface area contributed by atoms with Crippen molar-refractivity contribution in [2.75, 3.05) is 6.54 Å². The van der Waals surface area contributed by atoms with Crippen molar-refractivity contribution < 1.29 is 10.0 Å². The van der Waals surface area contributed by atoms with Crippen LogP contribution in [0.25, 0.3) is 0 Å². The number of rotatable bonds is 1. The molecule has 1 saturated heterocycles. The van der Waals surface area contributed by atoms with Crippen LogP contribution in [0.3, 0.4) is 0 Å². The predicted octanol–water partition coefficient (Wildman–Crippen LogP) is 0.813. The molecule has 1 unspecified atom stereocenters. The van der Waals surface area contributed by atoms with Gasteiger partial charge >= 0.3 is 6.03 Å². The molecule has 0 aromatic rings. The van der Waals surface area contributed by atoms with Crippen molar-refractivity contribution in [1.29, 1.82) is 0 Å². The van der Waals surface area contributed by atoms with Crippen LogP contribution in [0.5, 0.6) is 0 Å². The fraction of sp³-hybridized carbons (Fsp3) is 0.556. The molecule has 1 heterocycles. The van der Waals surface area contributed by atoms with Gasteiger partial charge in [0, 0.05) is 18.2 Å². The predicted molar refractivity (Wildman–Crippen MR) is 51.2 cm³/mol. The molecule has 14 heavy (non-hydrogen) atoms. The van der Waals surface area contributed by atoms with Crippen molar-refractivity contribution in [3.63, 3.8) is 0 Å². The van der Waals surface area contributed by atoms with Crippen molar-refractivity contribution in [3.8, 4) is 0 Å². The first-order valence-electron chi connectivity index (χ1n) is 4.76. The Kier molecular flexibility index (Phi) is 2.39. The molecular formula is C9H13N3O2. The molecule has 0 aromatic carbocycles. The summed E-state index contributed by atoms with van der Waals surface area (Å²) in [4.78, 5) is 11.1. The minimum Gasteiger partial charge on any atom is -0.411 e. The second-order valence-electron chi connectivity index (χ2n) is 3.61. The quantitative estimate of drug-likeness (QED) is 0.329. The minimum absolute atomic E-state index is 0.165. The molecule has 2 aliphatic rings. The van der Waals surface area contributed by atoms with E-state index in [9.17, 15) is 4.79 Å². The summed E-state index contributed by atoms with van der Waals surface area (Å²) >= 11 is 0. The summed E-state index contributed by atoms with van der Waals surface area (Å²) in [5.74, 6) is 0.356. The first-order valence-corrected chi connectivity index (χ1v) is 4.76. The smallest absolute Gasteiger partial charge is 0.319 e. The molecule has 0 bridgehead atoms. The van der Waals surface area contributed by atoms with Crippen molar-refractivity contribution in [2.45, 2.75) is 19.3 Å². The zero-order valence-corrected chi connectivity index (χ0v) is 7.79. The number of oxime groups is 1. The number of allylic oxidation sites excluding steroid dienone is 1. The SMILES string of the molecule is O=C1NCC2CCCC(/C=N\O)=C2N1. The summed E-state index contributed by atoms with van der Waals surface area (Å²) in [6.45, 7) is 0.684. The van der Waals surface area contributed by atoms with Crippen LogP contribution < -0.4 is 10.6 Å². The summed E-state index contributed by atoms with van der Waals surface area (Å²) in [6.07, 6.45) is 4.45. The fourth-order valence-corrected chi connectivity index (χ4v) is 2.05. The number of carbonyl (C=O) groups excluding carboxylic acids is 1. The van der Waals surface area contributed by atoms with E-state index >= 15 is 0 Å². The molecule has 76 valence electrons. The van der Waals surface area contributed by atoms with Crippen LogP contribution >= 0.6 is 0 Å². The molecule has 1 aliphatic heterocycles. The van der Waals surface area contributed by atoms with E-state index in [1.807, 2.05) is 0 Å². The number of fused-ring (bicyclic) bond motifs is 1. The number of hydrogen-bond acceptors (Lipinski definition) is 3. The lowest BCUT2D eigenvalue weighted by Crippen LogP contribution is -2.48. The molecular weight excluding hydrogens is 182 g/mol. The van der Waals surface area contributed by atoms with Crippen LogP contribution in [0.4, 0.5) is 4.79 Å². The van der Waals surface area contributed by atoms with Crippen LogP contribution in [-0.2, 0) is 0 Å². The maximum atomic E-state index is 11.1. The summed E-state index contributed by atoms with van der Waals surface area (Å²) in [7, 11) is 0. The first-order chi connectivity index (χ1) is 6.81. The molecule has 3 N–H and O–H groups in total. The third-order valence-corrected chi connectivity index (χ3v) is 2.72. The Morgan fingerprint density at radius 2 is 2.43 bits per heavy atom. The highest BCUT2D eigenvalue weighted by atomic mass is 16.4. The highest BCUT2D eigenvalue weighted by Gasteiger charge is 2.27. The molecule has 0 spiro atoms. The number of nitrogens with one attached hydrogen (secondary N) is 2. The van der Waals surface area contributed by atoms with Gasteiger partial charge in [-0.3, -0.25) is 0 Å². The van der Waals surface area contributed by atoms with Gasteiger partial charge in [0.05, 0.1) is 6.21 Å². The Labute approximate surface area is 81.9 Å². The van der Waals surface area contributed by atoms with Crippen LogP contribution in [-0.4, -0.2) is 24.0 Å². The molecule has 0 radical (unpaired) electrons. The molecule has 5 nitrogen and oxygen atoms in total. The molecule has 0 aromatic heterocycles.